The van der Waals surface area contributed by atoms with E-state index in [-0.39, 0.29) is 6.61 Å². The zero-order valence-corrected chi connectivity index (χ0v) is 9.50. The van der Waals surface area contributed by atoms with Gasteiger partial charge in [-0.05, 0) is 0 Å². The van der Waals surface area contributed by atoms with Crippen molar-refractivity contribution >= 4 is 5.97 Å². The molecule has 2 N–H and O–H groups in total. The molecule has 0 aromatic rings. The Labute approximate surface area is 98.2 Å². The summed E-state index contributed by atoms with van der Waals surface area (Å²) in [6.07, 6.45) is -2.66. The fraction of sp³-hybridized carbons (Fsp3) is 0.900. The van der Waals surface area contributed by atoms with Crippen molar-refractivity contribution in [3.05, 3.63) is 0 Å². The summed E-state index contributed by atoms with van der Waals surface area (Å²) < 4.78 is 21.0. The predicted molar refractivity (Wildman–Crippen MR) is 53.0 cm³/mol. The van der Waals surface area contributed by atoms with Crippen LogP contribution in [0.25, 0.3) is 0 Å². The summed E-state index contributed by atoms with van der Waals surface area (Å²) >= 11 is 0. The fourth-order valence-corrected chi connectivity index (χ4v) is 2.12. The molecule has 2 aliphatic rings. The molecule has 2 heterocycles. The average molecular weight is 248 g/mol. The van der Waals surface area contributed by atoms with Gasteiger partial charge in [0.05, 0.1) is 19.8 Å². The van der Waals surface area contributed by atoms with Crippen LogP contribution in [0.4, 0.5) is 0 Å². The van der Waals surface area contributed by atoms with Crippen LogP contribution >= 0.6 is 0 Å². The van der Waals surface area contributed by atoms with E-state index in [4.69, 9.17) is 18.9 Å². The van der Waals surface area contributed by atoms with Gasteiger partial charge in [0.15, 0.2) is 12.2 Å². The minimum atomic E-state index is -1.35. The van der Waals surface area contributed by atoms with Crippen molar-refractivity contribution in [2.75, 3.05) is 26.4 Å². The third-order valence-electron chi connectivity index (χ3n) is 2.86. The summed E-state index contributed by atoms with van der Waals surface area (Å²) in [6.45, 7) is 1.47. The molecule has 0 aromatic heterocycles. The van der Waals surface area contributed by atoms with Crippen LogP contribution < -0.4 is 0 Å². The van der Waals surface area contributed by atoms with E-state index in [0.29, 0.717) is 13.2 Å². The van der Waals surface area contributed by atoms with Gasteiger partial charge in [0, 0.05) is 6.92 Å². The summed E-state index contributed by atoms with van der Waals surface area (Å²) in [5.41, 5.74) is 0. The van der Waals surface area contributed by atoms with Gasteiger partial charge < -0.3 is 29.2 Å². The van der Waals surface area contributed by atoms with Crippen LogP contribution in [0.2, 0.25) is 0 Å². The van der Waals surface area contributed by atoms with Crippen LogP contribution in [0, 0.1) is 0 Å². The Kier molecular flexibility index (Phi) is 3.64. The monoisotopic (exact) mass is 248 g/mol. The Morgan fingerprint density at radius 1 is 1.47 bits per heavy atom. The van der Waals surface area contributed by atoms with Crippen molar-refractivity contribution in [3.8, 4) is 0 Å². The highest BCUT2D eigenvalue weighted by Crippen LogP contribution is 2.33. The number of esters is 1. The van der Waals surface area contributed by atoms with E-state index in [0.717, 1.165) is 0 Å². The number of rotatable bonds is 3. The minimum absolute atomic E-state index is 0.0110. The first kappa shape index (κ1) is 12.7. The van der Waals surface area contributed by atoms with Gasteiger partial charge in [0.1, 0.15) is 12.7 Å². The largest absolute Gasteiger partial charge is 0.457 e. The molecule has 7 heteroatoms. The maximum absolute atomic E-state index is 11.0. The molecule has 0 bridgehead atoms. The first-order valence-electron chi connectivity index (χ1n) is 5.45. The normalized spacial score (nSPS) is 36.1. The molecule has 0 spiro atoms. The van der Waals surface area contributed by atoms with E-state index in [1.165, 1.54) is 6.92 Å². The van der Waals surface area contributed by atoms with Crippen LogP contribution in [0.5, 0.6) is 0 Å². The lowest BCUT2D eigenvalue weighted by Gasteiger charge is -2.33. The smallest absolute Gasteiger partial charge is 0.303 e. The molecule has 17 heavy (non-hydrogen) atoms. The van der Waals surface area contributed by atoms with Crippen molar-refractivity contribution in [2.45, 2.75) is 31.0 Å². The molecule has 0 aromatic carbocycles. The van der Waals surface area contributed by atoms with E-state index < -0.39 is 36.7 Å². The predicted octanol–water partition coefficient (Wildman–Crippen LogP) is -1.59. The number of aliphatic hydroxyl groups excluding tert-OH is 2. The Bertz CT molecular complexity index is 286. The van der Waals surface area contributed by atoms with Crippen molar-refractivity contribution in [2.24, 2.45) is 0 Å². The molecule has 0 aliphatic carbocycles. The highest BCUT2D eigenvalue weighted by molar-refractivity contribution is 5.66. The van der Waals surface area contributed by atoms with Gasteiger partial charge >= 0.3 is 5.97 Å². The molecule has 7 nitrogen and oxygen atoms in total. The van der Waals surface area contributed by atoms with E-state index >= 15 is 0 Å². The van der Waals surface area contributed by atoms with Gasteiger partial charge in [-0.3, -0.25) is 4.79 Å². The standard InChI is InChI=1S/C10H16O7/c1-6(12)17-8-7(13)4-14-9(8)10(5-11)15-2-3-16-10/h7-9,11,13H,2-5H2,1H3/t7-,8+,9-/m0/s1. The van der Waals surface area contributed by atoms with Crippen molar-refractivity contribution in [1.82, 2.24) is 0 Å². The lowest BCUT2D eigenvalue weighted by atomic mass is 10.0. The topological polar surface area (TPSA) is 94.5 Å². The molecule has 2 fully saturated rings. The number of carbonyl (C=O) groups excluding carboxylic acids is 1. The molecule has 3 atom stereocenters. The van der Waals surface area contributed by atoms with Crippen LogP contribution in [-0.4, -0.2) is 66.7 Å². The summed E-state index contributed by atoms with van der Waals surface area (Å²) in [5.74, 6) is -1.88. The molecule has 2 rings (SSSR count). The maximum atomic E-state index is 11.0. The summed E-state index contributed by atoms with van der Waals surface area (Å²) in [4.78, 5) is 11.0. The molecule has 0 saturated carbocycles. The molecule has 0 unspecified atom stereocenters. The van der Waals surface area contributed by atoms with Gasteiger partial charge in [-0.15, -0.1) is 0 Å². The van der Waals surface area contributed by atoms with E-state index in [1.54, 1.807) is 0 Å². The summed E-state index contributed by atoms with van der Waals surface area (Å²) in [5, 5.41) is 19.0. The Morgan fingerprint density at radius 2 is 2.12 bits per heavy atom. The van der Waals surface area contributed by atoms with Gasteiger partial charge in [0.2, 0.25) is 5.79 Å². The fourth-order valence-electron chi connectivity index (χ4n) is 2.12. The number of hydrogen-bond acceptors (Lipinski definition) is 7. The molecular formula is C10H16O7. The molecule has 2 saturated heterocycles. The SMILES string of the molecule is CC(=O)O[C@@H]1[C@@H](O)CO[C@@H]1C1(CO)OCCO1. The number of ether oxygens (including phenoxy) is 4. The quantitative estimate of drug-likeness (QED) is 0.582. The van der Waals surface area contributed by atoms with E-state index in [2.05, 4.69) is 0 Å². The van der Waals surface area contributed by atoms with Crippen molar-refractivity contribution in [3.63, 3.8) is 0 Å². The summed E-state index contributed by atoms with van der Waals surface area (Å²) in [7, 11) is 0. The highest BCUT2D eigenvalue weighted by atomic mass is 16.8. The first-order valence-corrected chi connectivity index (χ1v) is 5.45. The zero-order chi connectivity index (χ0) is 12.5. The molecule has 2 aliphatic heterocycles. The van der Waals surface area contributed by atoms with Crippen molar-refractivity contribution < 1.29 is 34.0 Å². The first-order chi connectivity index (χ1) is 8.09. The number of aliphatic hydroxyl groups is 2. The van der Waals surface area contributed by atoms with Gasteiger partial charge in [0.25, 0.3) is 0 Å². The lowest BCUT2D eigenvalue weighted by molar-refractivity contribution is -0.256. The van der Waals surface area contributed by atoms with Gasteiger partial charge in [-0.25, -0.2) is 0 Å². The van der Waals surface area contributed by atoms with E-state index in [1.807, 2.05) is 0 Å². The Morgan fingerprint density at radius 3 is 2.65 bits per heavy atom. The second-order valence-corrected chi connectivity index (χ2v) is 4.06. The third kappa shape index (κ3) is 2.29. The average Bonchev–Trinajstić information content (AvgIpc) is 2.88. The minimum Gasteiger partial charge on any atom is -0.457 e. The van der Waals surface area contributed by atoms with Crippen LogP contribution in [0.15, 0.2) is 0 Å². The van der Waals surface area contributed by atoms with E-state index in [9.17, 15) is 15.0 Å². The number of hydrogen-bond donors (Lipinski definition) is 2. The molecule has 0 radical (unpaired) electrons. The Hall–Kier alpha value is -0.730. The van der Waals surface area contributed by atoms with Crippen LogP contribution in [0.3, 0.4) is 0 Å². The molecule has 0 amide bonds. The van der Waals surface area contributed by atoms with Crippen LogP contribution in [-0.2, 0) is 23.7 Å². The second kappa shape index (κ2) is 4.87. The Balaban J connectivity index is 2.15. The van der Waals surface area contributed by atoms with Gasteiger partial charge in [-0.1, -0.05) is 0 Å². The maximum Gasteiger partial charge on any atom is 0.303 e. The molecule has 98 valence electrons. The molecular weight excluding hydrogens is 232 g/mol. The number of carbonyl (C=O) groups is 1. The zero-order valence-electron chi connectivity index (χ0n) is 9.50. The van der Waals surface area contributed by atoms with Gasteiger partial charge in [-0.2, -0.15) is 0 Å². The van der Waals surface area contributed by atoms with Crippen LogP contribution in [0.1, 0.15) is 6.92 Å². The third-order valence-corrected chi connectivity index (χ3v) is 2.86. The lowest BCUT2D eigenvalue weighted by Crippen LogP contribution is -2.54. The highest BCUT2D eigenvalue weighted by Gasteiger charge is 2.55. The van der Waals surface area contributed by atoms with Crippen molar-refractivity contribution in [1.29, 1.82) is 0 Å². The second-order valence-electron chi connectivity index (χ2n) is 4.06. The summed E-state index contributed by atoms with van der Waals surface area (Å²) in [6, 6.07) is 0.